The molecule has 0 heterocycles. The van der Waals surface area contributed by atoms with E-state index in [-0.39, 0.29) is 13.8 Å². The summed E-state index contributed by atoms with van der Waals surface area (Å²) in [6.07, 6.45) is -1.59. The molecule has 0 rings (SSSR count). The van der Waals surface area contributed by atoms with E-state index in [4.69, 9.17) is 0 Å². The predicted octanol–water partition coefficient (Wildman–Crippen LogP) is 6.61. The van der Waals surface area contributed by atoms with E-state index in [9.17, 15) is 34.8 Å². The van der Waals surface area contributed by atoms with E-state index in [1.54, 1.807) is 11.8 Å². The minimum Gasteiger partial charge on any atom is -0.229 e. The molecule has 0 aliphatic rings. The van der Waals surface area contributed by atoms with Gasteiger partial charge in [-0.25, -0.2) is 8.42 Å². The molecular formula is C15H34F6O2S2. The smallest absolute Gasteiger partial charge is 0.229 e. The second-order valence-electron chi connectivity index (χ2n) is 5.59. The quantitative estimate of drug-likeness (QED) is 0.410. The zero-order valence-electron chi connectivity index (χ0n) is 16.8. The molecule has 0 bridgehead atoms. The predicted molar refractivity (Wildman–Crippen MR) is 98.0 cm³/mol. The van der Waals surface area contributed by atoms with Gasteiger partial charge in [0.1, 0.15) is 9.84 Å². The van der Waals surface area contributed by atoms with Crippen molar-refractivity contribution in [2.75, 3.05) is 25.0 Å². The van der Waals surface area contributed by atoms with E-state index in [1.165, 1.54) is 12.8 Å². The Morgan fingerprint density at radius 3 is 0.800 bits per heavy atom. The van der Waals surface area contributed by atoms with Gasteiger partial charge in [-0.2, -0.15) is 38.1 Å². The zero-order valence-corrected chi connectivity index (χ0v) is 18.4. The van der Waals surface area contributed by atoms with Crippen molar-refractivity contribution < 1.29 is 34.8 Å². The first-order chi connectivity index (χ1) is 10.7. The van der Waals surface area contributed by atoms with Gasteiger partial charge in [-0.1, -0.05) is 40.5 Å². The third kappa shape index (κ3) is 35.8. The van der Waals surface area contributed by atoms with Crippen molar-refractivity contribution in [2.45, 2.75) is 66.7 Å². The molecule has 2 nitrogen and oxygen atoms in total. The third-order valence-corrected chi connectivity index (χ3v) is 1.42. The maximum Gasteiger partial charge on any atom is 0.402 e. The molecule has 160 valence electrons. The first-order valence-corrected chi connectivity index (χ1v) is 11.4. The molecular weight excluding hydrogens is 390 g/mol. The molecule has 0 saturated heterocycles. The highest BCUT2D eigenvalue weighted by molar-refractivity contribution is 7.97. The maximum atomic E-state index is 11.6. The van der Waals surface area contributed by atoms with Crippen LogP contribution in [0.3, 0.4) is 0 Å². The van der Waals surface area contributed by atoms with Crippen molar-refractivity contribution in [3.63, 3.8) is 0 Å². The lowest BCUT2D eigenvalue weighted by molar-refractivity contribution is -0.327. The monoisotopic (exact) mass is 424 g/mol. The Morgan fingerprint density at radius 2 is 0.800 bits per heavy atom. The van der Waals surface area contributed by atoms with Gasteiger partial charge in [-0.3, -0.25) is 0 Å². The van der Waals surface area contributed by atoms with Crippen LogP contribution in [0.5, 0.6) is 0 Å². The van der Waals surface area contributed by atoms with Crippen LogP contribution in [0.2, 0.25) is 0 Å². The highest BCUT2D eigenvalue weighted by atomic mass is 32.2. The van der Waals surface area contributed by atoms with E-state index in [2.05, 4.69) is 27.7 Å². The van der Waals surface area contributed by atoms with E-state index in [0.717, 1.165) is 12.5 Å². The van der Waals surface area contributed by atoms with Crippen molar-refractivity contribution in [3.8, 4) is 0 Å². The summed E-state index contributed by atoms with van der Waals surface area (Å²) in [5.74, 6) is 0. The molecule has 0 aliphatic heterocycles. The Morgan fingerprint density at radius 1 is 0.720 bits per heavy atom. The Bertz CT molecular complexity index is 332. The first-order valence-electron chi connectivity index (χ1n) is 7.43. The average Bonchev–Trinajstić information content (AvgIpc) is 2.26. The Hall–Kier alpha value is -0.120. The molecule has 0 amide bonds. The van der Waals surface area contributed by atoms with E-state index in [0.29, 0.717) is 0 Å². The van der Waals surface area contributed by atoms with Gasteiger partial charge in [0.25, 0.3) is 0 Å². The summed E-state index contributed by atoms with van der Waals surface area (Å²) < 4.78 is 88.9. The molecule has 0 N–H and O–H groups in total. The zero-order chi connectivity index (χ0) is 22.1. The van der Waals surface area contributed by atoms with Crippen LogP contribution in [-0.2, 0) is 9.84 Å². The number of thioether (sulfide) groups is 1. The van der Waals surface area contributed by atoms with Gasteiger partial charge in [0.15, 0.2) is 5.41 Å². The van der Waals surface area contributed by atoms with Crippen molar-refractivity contribution in [1.29, 1.82) is 0 Å². The van der Waals surface area contributed by atoms with Crippen LogP contribution in [0.15, 0.2) is 0 Å². The normalized spacial score (nSPS) is 11.2. The molecule has 0 saturated carbocycles. The maximum absolute atomic E-state index is 11.6. The van der Waals surface area contributed by atoms with Gasteiger partial charge >= 0.3 is 12.4 Å². The van der Waals surface area contributed by atoms with Crippen molar-refractivity contribution in [3.05, 3.63) is 0 Å². The van der Waals surface area contributed by atoms with E-state index in [1.807, 2.05) is 12.5 Å². The summed E-state index contributed by atoms with van der Waals surface area (Å²) in [7, 11) is -2.67. The minimum atomic E-state index is -5.24. The van der Waals surface area contributed by atoms with E-state index < -0.39 is 27.6 Å². The van der Waals surface area contributed by atoms with Crippen LogP contribution in [0.4, 0.5) is 26.3 Å². The average molecular weight is 425 g/mol. The molecule has 0 aliphatic carbocycles. The molecule has 10 heteroatoms. The lowest BCUT2D eigenvalue weighted by Crippen LogP contribution is -2.44. The van der Waals surface area contributed by atoms with Gasteiger partial charge in [0.05, 0.1) is 0 Å². The van der Waals surface area contributed by atoms with Crippen LogP contribution in [-0.4, -0.2) is 45.8 Å². The fourth-order valence-corrected chi connectivity index (χ4v) is 0.161. The second kappa shape index (κ2) is 17.3. The number of sulfone groups is 1. The standard InChI is InChI=1S/C5H6F6.2C3H8.C2H6O2S.C2H6S/c1-3(2,4(6,7)8)5(9,10)11;2*1-3-2;1-5(2,3)4;1-3-2/h1-2H3;2*3H2,1-2H3;1-2H3;1-2H3. The van der Waals surface area contributed by atoms with E-state index >= 15 is 0 Å². The van der Waals surface area contributed by atoms with Gasteiger partial charge in [-0.15, -0.1) is 0 Å². The summed E-state index contributed by atoms with van der Waals surface area (Å²) >= 11 is 1.75. The van der Waals surface area contributed by atoms with Crippen LogP contribution >= 0.6 is 11.8 Å². The largest absolute Gasteiger partial charge is 0.402 e. The summed E-state index contributed by atoms with van der Waals surface area (Å²) in [6, 6.07) is 0. The fraction of sp³-hybridized carbons (Fsp3) is 1.00. The number of halogens is 6. The third-order valence-electron chi connectivity index (χ3n) is 1.42. The molecule has 0 spiro atoms. The highest BCUT2D eigenvalue weighted by Crippen LogP contribution is 2.49. The molecule has 0 atom stereocenters. The molecule has 0 unspecified atom stereocenters. The Balaban J connectivity index is -0.0000000791. The van der Waals surface area contributed by atoms with Crippen LogP contribution in [0.1, 0.15) is 54.4 Å². The summed E-state index contributed by atoms with van der Waals surface area (Å²) in [4.78, 5) is 0. The van der Waals surface area contributed by atoms with Gasteiger partial charge in [0, 0.05) is 12.5 Å². The molecule has 0 radical (unpaired) electrons. The fourth-order valence-electron chi connectivity index (χ4n) is 0.161. The molecule has 0 aromatic heterocycles. The lowest BCUT2D eigenvalue weighted by atomic mass is 9.92. The Labute approximate surface area is 154 Å². The molecule has 0 aromatic rings. The summed E-state index contributed by atoms with van der Waals surface area (Å²) in [6.45, 7) is 8.71. The SMILES string of the molecule is CC(C)(C(F)(F)F)C(F)(F)F.CCC.CCC.CS(C)(=O)=O.CSC. The number of alkyl halides is 6. The summed E-state index contributed by atoms with van der Waals surface area (Å²) in [5, 5.41) is 0. The number of hydrogen-bond acceptors (Lipinski definition) is 3. The topological polar surface area (TPSA) is 34.1 Å². The van der Waals surface area contributed by atoms with Gasteiger partial charge in [0.2, 0.25) is 0 Å². The van der Waals surface area contributed by atoms with Crippen LogP contribution in [0, 0.1) is 5.41 Å². The van der Waals surface area contributed by atoms with Gasteiger partial charge in [-0.05, 0) is 26.4 Å². The van der Waals surface area contributed by atoms with Crippen molar-refractivity contribution in [2.24, 2.45) is 5.41 Å². The molecule has 25 heavy (non-hydrogen) atoms. The lowest BCUT2D eigenvalue weighted by Gasteiger charge is -2.29. The van der Waals surface area contributed by atoms with Crippen LogP contribution < -0.4 is 0 Å². The van der Waals surface area contributed by atoms with Crippen LogP contribution in [0.25, 0.3) is 0 Å². The molecule has 0 fully saturated rings. The second-order valence-corrected chi connectivity index (χ2v) is 8.69. The molecule has 0 aromatic carbocycles. The summed E-state index contributed by atoms with van der Waals surface area (Å²) in [5.41, 5.74) is -3.62. The van der Waals surface area contributed by atoms with Gasteiger partial charge < -0.3 is 0 Å². The first kappa shape index (κ1) is 35.9. The highest BCUT2D eigenvalue weighted by Gasteiger charge is 2.64. The minimum absolute atomic E-state index is 0.104. The number of rotatable bonds is 0. The van der Waals surface area contributed by atoms with Crippen molar-refractivity contribution >= 4 is 21.6 Å². The van der Waals surface area contributed by atoms with Crippen molar-refractivity contribution in [1.82, 2.24) is 0 Å². The number of hydrogen-bond donors (Lipinski definition) is 0. The Kier molecular flexibility index (Phi) is 24.8.